The number of carbonyl (C=O) groups excluding carboxylic acids is 1. The molecule has 1 heterocycles. The molecule has 0 spiro atoms. The lowest BCUT2D eigenvalue weighted by atomic mass is 10.1. The number of hydrogen-bond acceptors (Lipinski definition) is 3. The first-order chi connectivity index (χ1) is 15.0. The second-order valence-electron chi connectivity index (χ2n) is 7.62. The highest BCUT2D eigenvalue weighted by Crippen LogP contribution is 2.20. The van der Waals surface area contributed by atoms with Crippen molar-refractivity contribution in [2.24, 2.45) is 7.05 Å². The quantitative estimate of drug-likeness (QED) is 0.520. The van der Waals surface area contributed by atoms with Gasteiger partial charge in [-0.25, -0.2) is 0 Å². The molecule has 4 rings (SSSR count). The number of ether oxygens (including phenoxy) is 1. The van der Waals surface area contributed by atoms with Gasteiger partial charge in [-0.15, -0.1) is 0 Å². The fourth-order valence-electron chi connectivity index (χ4n) is 3.78. The van der Waals surface area contributed by atoms with Crippen molar-refractivity contribution >= 4 is 22.5 Å². The second-order valence-corrected chi connectivity index (χ2v) is 7.62. The van der Waals surface area contributed by atoms with Crippen molar-refractivity contribution < 1.29 is 9.53 Å². The van der Waals surface area contributed by atoms with E-state index in [1.165, 1.54) is 0 Å². The molecule has 4 aromatic rings. The molecule has 0 atom stereocenters. The molecular formula is C25H25N3O3. The van der Waals surface area contributed by atoms with Gasteiger partial charge in [0.1, 0.15) is 5.75 Å². The molecule has 31 heavy (non-hydrogen) atoms. The number of hydrogen-bond donors (Lipinski definition) is 1. The van der Waals surface area contributed by atoms with E-state index in [1.807, 2.05) is 72.3 Å². The van der Waals surface area contributed by atoms with Crippen LogP contribution in [0.5, 0.6) is 5.75 Å². The molecule has 6 heteroatoms. The lowest BCUT2D eigenvalue weighted by Crippen LogP contribution is -2.19. The average molecular weight is 415 g/mol. The van der Waals surface area contributed by atoms with E-state index >= 15 is 0 Å². The molecule has 158 valence electrons. The van der Waals surface area contributed by atoms with Gasteiger partial charge in [-0.05, 0) is 53.9 Å². The van der Waals surface area contributed by atoms with Gasteiger partial charge in [0.15, 0.2) is 0 Å². The van der Waals surface area contributed by atoms with E-state index in [9.17, 15) is 9.59 Å². The fraction of sp³-hybridized carbons (Fsp3) is 0.200. The molecule has 0 aliphatic carbocycles. The van der Waals surface area contributed by atoms with E-state index < -0.39 is 0 Å². The van der Waals surface area contributed by atoms with E-state index in [0.29, 0.717) is 24.0 Å². The van der Waals surface area contributed by atoms with Gasteiger partial charge in [0.25, 0.3) is 5.56 Å². The van der Waals surface area contributed by atoms with Gasteiger partial charge < -0.3 is 10.1 Å². The van der Waals surface area contributed by atoms with Crippen molar-refractivity contribution in [2.75, 3.05) is 12.4 Å². The van der Waals surface area contributed by atoms with Gasteiger partial charge in [-0.3, -0.25) is 19.0 Å². The number of fused-ring (bicyclic) bond motifs is 1. The lowest BCUT2D eigenvalue weighted by molar-refractivity contribution is -0.115. The van der Waals surface area contributed by atoms with Crippen LogP contribution in [0.25, 0.3) is 10.9 Å². The normalized spacial score (nSPS) is 10.9. The van der Waals surface area contributed by atoms with Crippen molar-refractivity contribution in [3.63, 3.8) is 0 Å². The Morgan fingerprint density at radius 2 is 1.84 bits per heavy atom. The van der Waals surface area contributed by atoms with E-state index in [0.717, 1.165) is 28.0 Å². The van der Waals surface area contributed by atoms with Crippen LogP contribution < -0.4 is 15.6 Å². The second kappa shape index (κ2) is 8.52. The van der Waals surface area contributed by atoms with Crippen molar-refractivity contribution in [3.8, 4) is 5.75 Å². The van der Waals surface area contributed by atoms with Gasteiger partial charge >= 0.3 is 0 Å². The van der Waals surface area contributed by atoms with Gasteiger partial charge in [-0.1, -0.05) is 36.4 Å². The minimum atomic E-state index is -0.110. The summed E-state index contributed by atoms with van der Waals surface area (Å²) in [6.45, 7) is 2.52. The number of aromatic nitrogens is 2. The first kappa shape index (κ1) is 20.5. The molecule has 3 aromatic carbocycles. The summed E-state index contributed by atoms with van der Waals surface area (Å²) in [7, 11) is 3.38. The van der Waals surface area contributed by atoms with E-state index in [4.69, 9.17) is 4.74 Å². The summed E-state index contributed by atoms with van der Waals surface area (Å²) in [5.41, 5.74) is 4.42. The highest BCUT2D eigenvalue weighted by molar-refractivity contribution is 5.95. The smallest absolute Gasteiger partial charge is 0.274 e. The van der Waals surface area contributed by atoms with Gasteiger partial charge in [-0.2, -0.15) is 0 Å². The highest BCUT2D eigenvalue weighted by Gasteiger charge is 2.13. The molecule has 0 unspecified atom stereocenters. The predicted octanol–water partition coefficient (Wildman–Crippen LogP) is 3.89. The molecule has 0 fully saturated rings. The molecule has 0 bridgehead atoms. The molecule has 1 N–H and O–H groups in total. The number of benzene rings is 3. The Bertz CT molecular complexity index is 1320. The third kappa shape index (κ3) is 4.23. The molecule has 0 saturated carbocycles. The van der Waals surface area contributed by atoms with Crippen molar-refractivity contribution in [1.29, 1.82) is 0 Å². The largest absolute Gasteiger partial charge is 0.497 e. The first-order valence-electron chi connectivity index (χ1n) is 10.1. The SMILES string of the molecule is COc1cccc(Cn2c3ccc(NC(=O)Cc4ccccc4C)cc3c(=O)n2C)c1. The number of aryl methyl sites for hydroxylation is 1. The average Bonchev–Trinajstić information content (AvgIpc) is 3.00. The maximum Gasteiger partial charge on any atom is 0.274 e. The van der Waals surface area contributed by atoms with Crippen LogP contribution in [-0.2, 0) is 24.8 Å². The van der Waals surface area contributed by atoms with Crippen LogP contribution in [0.2, 0.25) is 0 Å². The summed E-state index contributed by atoms with van der Waals surface area (Å²) in [4.78, 5) is 25.4. The van der Waals surface area contributed by atoms with E-state index in [-0.39, 0.29) is 11.5 Å². The van der Waals surface area contributed by atoms with Crippen LogP contribution in [0, 0.1) is 6.92 Å². The molecule has 0 aliphatic rings. The summed E-state index contributed by atoms with van der Waals surface area (Å²) < 4.78 is 8.82. The number of nitrogens with zero attached hydrogens (tertiary/aromatic N) is 2. The number of methoxy groups -OCH3 is 1. The number of carbonyl (C=O) groups is 1. The van der Waals surface area contributed by atoms with Gasteiger partial charge in [0, 0.05) is 12.7 Å². The van der Waals surface area contributed by atoms with Gasteiger partial charge in [0.2, 0.25) is 5.91 Å². The van der Waals surface area contributed by atoms with Crippen LogP contribution in [0.15, 0.2) is 71.5 Å². The summed E-state index contributed by atoms with van der Waals surface area (Å²) in [5.74, 6) is 0.666. The number of amides is 1. The van der Waals surface area contributed by atoms with E-state index in [1.54, 1.807) is 24.9 Å². The number of anilines is 1. The lowest BCUT2D eigenvalue weighted by Gasteiger charge is -2.11. The topological polar surface area (TPSA) is 65.3 Å². The summed E-state index contributed by atoms with van der Waals surface area (Å²) in [6.07, 6.45) is 0.291. The third-order valence-electron chi connectivity index (χ3n) is 5.52. The maximum absolute atomic E-state index is 12.8. The summed E-state index contributed by atoms with van der Waals surface area (Å²) in [6, 6.07) is 21.1. The molecule has 1 aromatic heterocycles. The number of nitrogens with one attached hydrogen (secondary N) is 1. The zero-order chi connectivity index (χ0) is 22.0. The fourth-order valence-corrected chi connectivity index (χ4v) is 3.78. The monoisotopic (exact) mass is 415 g/mol. The Kier molecular flexibility index (Phi) is 5.62. The maximum atomic E-state index is 12.8. The molecule has 0 saturated heterocycles. The Morgan fingerprint density at radius 1 is 1.03 bits per heavy atom. The predicted molar refractivity (Wildman–Crippen MR) is 123 cm³/mol. The Labute approximate surface area is 180 Å². The van der Waals surface area contributed by atoms with Crippen LogP contribution in [0.1, 0.15) is 16.7 Å². The minimum Gasteiger partial charge on any atom is -0.497 e. The zero-order valence-electron chi connectivity index (χ0n) is 17.9. The van der Waals surface area contributed by atoms with Crippen molar-refractivity contribution in [1.82, 2.24) is 9.36 Å². The Balaban J connectivity index is 1.60. The van der Waals surface area contributed by atoms with Gasteiger partial charge in [0.05, 0.1) is 31.0 Å². The molecule has 0 aliphatic heterocycles. The molecule has 6 nitrogen and oxygen atoms in total. The Morgan fingerprint density at radius 3 is 2.61 bits per heavy atom. The Hall–Kier alpha value is -3.80. The molecule has 1 amide bonds. The minimum absolute atomic E-state index is 0.104. The molecule has 0 radical (unpaired) electrons. The van der Waals surface area contributed by atoms with Crippen LogP contribution in [-0.4, -0.2) is 22.4 Å². The van der Waals surface area contributed by atoms with Crippen LogP contribution >= 0.6 is 0 Å². The molecular weight excluding hydrogens is 390 g/mol. The summed E-state index contributed by atoms with van der Waals surface area (Å²) >= 11 is 0. The standard InChI is InChI=1S/C25H25N3O3/c1-17-7-4-5-9-19(17)14-24(29)26-20-11-12-23-22(15-20)25(30)27(2)28(23)16-18-8-6-10-21(13-18)31-3/h4-13,15H,14,16H2,1-3H3,(H,26,29). The van der Waals surface area contributed by atoms with Crippen molar-refractivity contribution in [3.05, 3.63) is 93.8 Å². The third-order valence-corrected chi connectivity index (χ3v) is 5.52. The summed E-state index contributed by atoms with van der Waals surface area (Å²) in [5, 5.41) is 3.49. The van der Waals surface area contributed by atoms with Crippen molar-refractivity contribution in [2.45, 2.75) is 19.9 Å². The van der Waals surface area contributed by atoms with E-state index in [2.05, 4.69) is 5.32 Å². The highest BCUT2D eigenvalue weighted by atomic mass is 16.5. The van der Waals surface area contributed by atoms with Crippen LogP contribution in [0.4, 0.5) is 5.69 Å². The first-order valence-corrected chi connectivity index (χ1v) is 10.1. The number of rotatable bonds is 6. The zero-order valence-corrected chi connectivity index (χ0v) is 17.9. The van der Waals surface area contributed by atoms with Crippen LogP contribution in [0.3, 0.4) is 0 Å².